The van der Waals surface area contributed by atoms with Crippen LogP contribution in [0.2, 0.25) is 0 Å². The topological polar surface area (TPSA) is 29.3 Å². The summed E-state index contributed by atoms with van der Waals surface area (Å²) in [4.78, 5) is 2.38. The minimum atomic E-state index is 0.486. The van der Waals surface area contributed by atoms with Crippen LogP contribution in [-0.2, 0) is 6.42 Å². The molecular formula is C15H26N2. The summed E-state index contributed by atoms with van der Waals surface area (Å²) < 4.78 is 0. The van der Waals surface area contributed by atoms with Crippen LogP contribution in [0.4, 0.5) is 0 Å². The lowest BCUT2D eigenvalue weighted by molar-refractivity contribution is 0.200. The number of nitrogens with two attached hydrogens (primary N) is 1. The van der Waals surface area contributed by atoms with Crippen molar-refractivity contribution < 1.29 is 0 Å². The van der Waals surface area contributed by atoms with Gasteiger partial charge in [0.25, 0.3) is 0 Å². The Morgan fingerprint density at radius 3 is 2.53 bits per heavy atom. The zero-order valence-electron chi connectivity index (χ0n) is 11.6. The minimum absolute atomic E-state index is 0.486. The first-order valence-electron chi connectivity index (χ1n) is 6.50. The van der Waals surface area contributed by atoms with Crippen molar-refractivity contribution in [3.8, 4) is 0 Å². The van der Waals surface area contributed by atoms with Crippen molar-refractivity contribution >= 4 is 0 Å². The van der Waals surface area contributed by atoms with E-state index >= 15 is 0 Å². The molecule has 0 aliphatic heterocycles. The van der Waals surface area contributed by atoms with E-state index < -0.39 is 0 Å². The first-order valence-corrected chi connectivity index (χ1v) is 6.50. The molecule has 0 amide bonds. The average Bonchev–Trinajstić information content (AvgIpc) is 2.27. The van der Waals surface area contributed by atoms with Crippen molar-refractivity contribution in [1.82, 2.24) is 4.90 Å². The number of aryl methyl sites for hydroxylation is 1. The van der Waals surface area contributed by atoms with Crippen LogP contribution < -0.4 is 5.73 Å². The molecule has 0 radical (unpaired) electrons. The standard InChI is InChI=1S/C15H26N2/c1-12(2)15(11-16)17(4)9-8-14-7-5-6-13(3)10-14/h5-7,10,12,15H,8-9,11,16H2,1-4H3. The Morgan fingerprint density at radius 2 is 2.00 bits per heavy atom. The van der Waals surface area contributed by atoms with Gasteiger partial charge in [-0.15, -0.1) is 0 Å². The SMILES string of the molecule is Cc1cccc(CCN(C)C(CN)C(C)C)c1. The van der Waals surface area contributed by atoms with Gasteiger partial charge in [-0.2, -0.15) is 0 Å². The van der Waals surface area contributed by atoms with Crippen molar-refractivity contribution in [1.29, 1.82) is 0 Å². The summed E-state index contributed by atoms with van der Waals surface area (Å²) in [5.41, 5.74) is 8.58. The lowest BCUT2D eigenvalue weighted by Crippen LogP contribution is -2.42. The first-order chi connectivity index (χ1) is 8.04. The fourth-order valence-electron chi connectivity index (χ4n) is 2.30. The molecule has 0 saturated carbocycles. The first kappa shape index (κ1) is 14.2. The molecule has 0 bridgehead atoms. The normalized spacial score (nSPS) is 13.4. The molecule has 1 aromatic carbocycles. The largest absolute Gasteiger partial charge is 0.329 e. The maximum atomic E-state index is 5.83. The number of hydrogen-bond donors (Lipinski definition) is 1. The third-order valence-corrected chi connectivity index (χ3v) is 3.41. The van der Waals surface area contributed by atoms with Crippen LogP contribution in [0.1, 0.15) is 25.0 Å². The fraction of sp³-hybridized carbons (Fsp3) is 0.600. The van der Waals surface area contributed by atoms with Gasteiger partial charge in [0.2, 0.25) is 0 Å². The summed E-state index contributed by atoms with van der Waals surface area (Å²) in [7, 11) is 2.17. The molecule has 96 valence electrons. The van der Waals surface area contributed by atoms with E-state index in [9.17, 15) is 0 Å². The second kappa shape index (κ2) is 6.77. The van der Waals surface area contributed by atoms with Crippen molar-refractivity contribution in [3.05, 3.63) is 35.4 Å². The summed E-state index contributed by atoms with van der Waals surface area (Å²) >= 11 is 0. The highest BCUT2D eigenvalue weighted by atomic mass is 15.1. The minimum Gasteiger partial charge on any atom is -0.329 e. The van der Waals surface area contributed by atoms with Gasteiger partial charge in [-0.1, -0.05) is 43.7 Å². The molecule has 0 fully saturated rings. The van der Waals surface area contributed by atoms with Crippen molar-refractivity contribution in [2.45, 2.75) is 33.2 Å². The highest BCUT2D eigenvalue weighted by Gasteiger charge is 2.16. The molecule has 2 nitrogen and oxygen atoms in total. The van der Waals surface area contributed by atoms with Gasteiger partial charge in [-0.25, -0.2) is 0 Å². The second-order valence-electron chi connectivity index (χ2n) is 5.27. The molecule has 17 heavy (non-hydrogen) atoms. The summed E-state index contributed by atoms with van der Waals surface area (Å²) in [6.45, 7) is 8.43. The Bertz CT molecular complexity index is 333. The number of nitrogens with zero attached hydrogens (tertiary/aromatic N) is 1. The predicted molar refractivity (Wildman–Crippen MR) is 75.2 cm³/mol. The third kappa shape index (κ3) is 4.49. The second-order valence-corrected chi connectivity index (χ2v) is 5.27. The monoisotopic (exact) mass is 234 g/mol. The molecule has 1 rings (SSSR count). The van der Waals surface area contributed by atoms with Crippen molar-refractivity contribution in [3.63, 3.8) is 0 Å². The van der Waals surface area contributed by atoms with Gasteiger partial charge in [0.05, 0.1) is 0 Å². The lowest BCUT2D eigenvalue weighted by Gasteiger charge is -2.30. The number of hydrogen-bond acceptors (Lipinski definition) is 2. The lowest BCUT2D eigenvalue weighted by atomic mass is 10.0. The van der Waals surface area contributed by atoms with Gasteiger partial charge in [-0.3, -0.25) is 0 Å². The van der Waals surface area contributed by atoms with Crippen LogP contribution in [0.5, 0.6) is 0 Å². The van der Waals surface area contributed by atoms with Crippen LogP contribution in [0.15, 0.2) is 24.3 Å². The van der Waals surface area contributed by atoms with E-state index in [0.29, 0.717) is 12.0 Å². The molecule has 0 saturated heterocycles. The number of rotatable bonds is 6. The van der Waals surface area contributed by atoms with Gasteiger partial charge in [0, 0.05) is 19.1 Å². The third-order valence-electron chi connectivity index (χ3n) is 3.41. The molecule has 2 N–H and O–H groups in total. The van der Waals surface area contributed by atoms with Crippen molar-refractivity contribution in [2.24, 2.45) is 11.7 Å². The van der Waals surface area contributed by atoms with Crippen LogP contribution in [-0.4, -0.2) is 31.1 Å². The van der Waals surface area contributed by atoms with E-state index in [0.717, 1.165) is 19.5 Å². The molecule has 2 heteroatoms. The Balaban J connectivity index is 2.50. The summed E-state index contributed by atoms with van der Waals surface area (Å²) in [6.07, 6.45) is 1.10. The van der Waals surface area contributed by atoms with Crippen LogP contribution >= 0.6 is 0 Å². The molecule has 0 aliphatic rings. The van der Waals surface area contributed by atoms with E-state index in [2.05, 4.69) is 57.0 Å². The zero-order chi connectivity index (χ0) is 12.8. The van der Waals surface area contributed by atoms with Crippen LogP contribution in [0, 0.1) is 12.8 Å². The Hall–Kier alpha value is -0.860. The predicted octanol–water partition coefficient (Wildman–Crippen LogP) is 2.45. The summed E-state index contributed by atoms with van der Waals surface area (Å²) in [6, 6.07) is 9.23. The van der Waals surface area contributed by atoms with Gasteiger partial charge in [0.15, 0.2) is 0 Å². The maximum Gasteiger partial charge on any atom is 0.0238 e. The molecule has 1 unspecified atom stereocenters. The Labute approximate surface area is 106 Å². The van der Waals surface area contributed by atoms with Crippen LogP contribution in [0.3, 0.4) is 0 Å². The fourth-order valence-corrected chi connectivity index (χ4v) is 2.30. The molecule has 0 heterocycles. The van der Waals surface area contributed by atoms with E-state index in [1.54, 1.807) is 0 Å². The highest BCUT2D eigenvalue weighted by Crippen LogP contribution is 2.10. The highest BCUT2D eigenvalue weighted by molar-refractivity contribution is 5.22. The van der Waals surface area contributed by atoms with Gasteiger partial charge in [0.1, 0.15) is 0 Å². The molecule has 0 aromatic heterocycles. The molecular weight excluding hydrogens is 208 g/mol. The quantitative estimate of drug-likeness (QED) is 0.819. The maximum absolute atomic E-state index is 5.83. The average molecular weight is 234 g/mol. The van der Waals surface area contributed by atoms with Gasteiger partial charge >= 0.3 is 0 Å². The Morgan fingerprint density at radius 1 is 1.29 bits per heavy atom. The smallest absolute Gasteiger partial charge is 0.0238 e. The van der Waals surface area contributed by atoms with E-state index in [1.807, 2.05) is 0 Å². The van der Waals surface area contributed by atoms with Crippen molar-refractivity contribution in [2.75, 3.05) is 20.1 Å². The summed E-state index contributed by atoms with van der Waals surface area (Å²) in [5.74, 6) is 0.613. The van der Waals surface area contributed by atoms with E-state index in [1.165, 1.54) is 11.1 Å². The molecule has 1 aromatic rings. The number of likely N-dealkylation sites (N-methyl/N-ethyl adjacent to an activating group) is 1. The molecule has 1 atom stereocenters. The van der Waals surface area contributed by atoms with Gasteiger partial charge in [-0.05, 0) is 31.9 Å². The van der Waals surface area contributed by atoms with E-state index in [4.69, 9.17) is 5.73 Å². The summed E-state index contributed by atoms with van der Waals surface area (Å²) in [5, 5.41) is 0. The molecule has 0 spiro atoms. The Kier molecular flexibility index (Phi) is 5.66. The zero-order valence-corrected chi connectivity index (χ0v) is 11.6. The van der Waals surface area contributed by atoms with E-state index in [-0.39, 0.29) is 0 Å². The van der Waals surface area contributed by atoms with Crippen LogP contribution in [0.25, 0.3) is 0 Å². The number of benzene rings is 1. The molecule has 0 aliphatic carbocycles. The van der Waals surface area contributed by atoms with Gasteiger partial charge < -0.3 is 10.6 Å².